The second-order valence-corrected chi connectivity index (χ2v) is 7.20. The molecule has 2 aliphatic rings. The first-order valence-electron chi connectivity index (χ1n) is 7.44. The highest BCUT2D eigenvalue weighted by molar-refractivity contribution is 8.00. The zero-order chi connectivity index (χ0) is 13.7. The molecule has 1 aliphatic heterocycles. The number of carbonyl (C=O) groups excluding carboxylic acids is 1. The third kappa shape index (κ3) is 4.28. The van der Waals surface area contributed by atoms with Gasteiger partial charge in [0.1, 0.15) is 0 Å². The van der Waals surface area contributed by atoms with Crippen molar-refractivity contribution in [3.05, 3.63) is 0 Å². The van der Waals surface area contributed by atoms with Gasteiger partial charge in [-0.2, -0.15) is 11.8 Å². The number of nitrogens with one attached hydrogen (secondary N) is 1. The molecular weight excluding hydrogens is 260 g/mol. The van der Waals surface area contributed by atoms with Gasteiger partial charge in [-0.15, -0.1) is 0 Å². The Bertz CT molecular complexity index is 287. The topological polar surface area (TPSA) is 52.6 Å². The molecule has 0 spiro atoms. The molecule has 0 aromatic heterocycles. The average molecular weight is 286 g/mol. The van der Waals surface area contributed by atoms with E-state index >= 15 is 0 Å². The van der Waals surface area contributed by atoms with Gasteiger partial charge >= 0.3 is 6.03 Å². The first-order valence-corrected chi connectivity index (χ1v) is 8.48. The molecule has 1 aliphatic carbocycles. The van der Waals surface area contributed by atoms with Crippen LogP contribution in [0.2, 0.25) is 0 Å². The quantitative estimate of drug-likeness (QED) is 0.832. The van der Waals surface area contributed by atoms with Gasteiger partial charge in [0.05, 0.1) is 0 Å². The predicted octanol–water partition coefficient (Wildman–Crippen LogP) is 2.07. The van der Waals surface area contributed by atoms with E-state index in [0.29, 0.717) is 23.8 Å². The molecule has 2 N–H and O–H groups in total. The van der Waals surface area contributed by atoms with Gasteiger partial charge in [-0.05, 0) is 50.2 Å². The summed E-state index contributed by atoms with van der Waals surface area (Å²) in [7, 11) is 1.90. The normalized spacial score (nSPS) is 31.2. The maximum Gasteiger partial charge on any atom is 0.317 e. The Kier molecular flexibility index (Phi) is 5.82. The summed E-state index contributed by atoms with van der Waals surface area (Å²) in [6.45, 7) is 1.10. The van der Waals surface area contributed by atoms with Gasteiger partial charge in [-0.3, -0.25) is 0 Å². The van der Waals surface area contributed by atoms with Crippen LogP contribution in [-0.2, 0) is 0 Å². The Labute approximate surface area is 120 Å². The van der Waals surface area contributed by atoms with Gasteiger partial charge in [-0.1, -0.05) is 0 Å². The van der Waals surface area contributed by atoms with Crippen molar-refractivity contribution in [3.63, 3.8) is 0 Å². The molecule has 4 nitrogen and oxygen atoms in total. The Hall–Kier alpha value is -0.420. The third-order valence-electron chi connectivity index (χ3n) is 4.45. The Morgan fingerprint density at radius 2 is 2.05 bits per heavy atom. The van der Waals surface area contributed by atoms with Crippen molar-refractivity contribution in [3.8, 4) is 0 Å². The van der Waals surface area contributed by atoms with Crippen molar-refractivity contribution >= 4 is 17.8 Å². The maximum atomic E-state index is 12.1. The number of hydrogen-bond donors (Lipinski definition) is 2. The molecule has 2 amide bonds. The van der Waals surface area contributed by atoms with Crippen molar-refractivity contribution in [1.82, 2.24) is 10.2 Å². The molecule has 5 heteroatoms. The van der Waals surface area contributed by atoms with Crippen LogP contribution in [-0.4, -0.2) is 53.3 Å². The Morgan fingerprint density at radius 3 is 2.63 bits per heavy atom. The lowest BCUT2D eigenvalue weighted by atomic mass is 9.86. The van der Waals surface area contributed by atoms with E-state index in [-0.39, 0.29) is 6.03 Å². The number of aliphatic hydroxyl groups is 1. The lowest BCUT2D eigenvalue weighted by Gasteiger charge is -2.34. The van der Waals surface area contributed by atoms with E-state index in [2.05, 4.69) is 5.32 Å². The van der Waals surface area contributed by atoms with E-state index in [1.807, 2.05) is 23.7 Å². The molecule has 1 saturated heterocycles. The fourth-order valence-electron chi connectivity index (χ4n) is 3.01. The van der Waals surface area contributed by atoms with Gasteiger partial charge in [-0.25, -0.2) is 4.79 Å². The average Bonchev–Trinajstić information content (AvgIpc) is 2.97. The first kappa shape index (κ1) is 15.0. The van der Waals surface area contributed by atoms with Crippen LogP contribution in [0.15, 0.2) is 0 Å². The zero-order valence-electron chi connectivity index (χ0n) is 11.8. The second-order valence-electron chi connectivity index (χ2n) is 5.79. The fourth-order valence-corrected chi connectivity index (χ4v) is 4.21. The Morgan fingerprint density at radius 1 is 1.32 bits per heavy atom. The zero-order valence-corrected chi connectivity index (χ0v) is 12.6. The summed E-state index contributed by atoms with van der Waals surface area (Å²) in [4.78, 5) is 14.0. The fraction of sp³-hybridized carbons (Fsp3) is 0.929. The van der Waals surface area contributed by atoms with Crippen LogP contribution in [0.5, 0.6) is 0 Å². The first-order chi connectivity index (χ1) is 9.20. The van der Waals surface area contributed by atoms with Crippen LogP contribution in [0.1, 0.15) is 38.5 Å². The number of hydrogen-bond acceptors (Lipinski definition) is 3. The summed E-state index contributed by atoms with van der Waals surface area (Å²) in [5.41, 5.74) is 0. The van der Waals surface area contributed by atoms with Crippen LogP contribution in [0.4, 0.5) is 4.79 Å². The number of nitrogens with zero attached hydrogens (tertiary/aromatic N) is 1. The standard InChI is InChI=1S/C14H26N2O2S/c1-16(12-6-4-11(10-17)5-7-12)14(18)15-9-13-3-2-8-19-13/h11-13,17H,2-10H2,1H3,(H,15,18). The molecule has 0 bridgehead atoms. The molecule has 0 aromatic carbocycles. The highest BCUT2D eigenvalue weighted by atomic mass is 32.2. The molecule has 1 unspecified atom stereocenters. The molecule has 1 atom stereocenters. The van der Waals surface area contributed by atoms with Gasteiger partial charge < -0.3 is 15.3 Å². The van der Waals surface area contributed by atoms with Crippen LogP contribution in [0.3, 0.4) is 0 Å². The summed E-state index contributed by atoms with van der Waals surface area (Å²) < 4.78 is 0. The van der Waals surface area contributed by atoms with Gasteiger partial charge in [0.25, 0.3) is 0 Å². The van der Waals surface area contributed by atoms with E-state index in [0.717, 1.165) is 32.2 Å². The molecule has 0 aromatic rings. The number of amides is 2. The van der Waals surface area contributed by atoms with Gasteiger partial charge in [0.15, 0.2) is 0 Å². The highest BCUT2D eigenvalue weighted by Crippen LogP contribution is 2.27. The van der Waals surface area contributed by atoms with E-state index < -0.39 is 0 Å². The second kappa shape index (κ2) is 7.39. The van der Waals surface area contributed by atoms with Crippen molar-refractivity contribution in [1.29, 1.82) is 0 Å². The number of thioether (sulfide) groups is 1. The van der Waals surface area contributed by atoms with Crippen LogP contribution < -0.4 is 5.32 Å². The molecule has 2 fully saturated rings. The number of carbonyl (C=O) groups is 1. The van der Waals surface area contributed by atoms with E-state index in [1.54, 1.807) is 0 Å². The van der Waals surface area contributed by atoms with Crippen molar-refractivity contribution in [2.75, 3.05) is 26.0 Å². The summed E-state index contributed by atoms with van der Waals surface area (Å²) in [5.74, 6) is 1.68. The van der Waals surface area contributed by atoms with Crippen molar-refractivity contribution in [2.45, 2.75) is 49.8 Å². The monoisotopic (exact) mass is 286 g/mol. The summed E-state index contributed by atoms with van der Waals surface area (Å²) in [6, 6.07) is 0.416. The smallest absolute Gasteiger partial charge is 0.317 e. The summed E-state index contributed by atoms with van der Waals surface area (Å²) >= 11 is 1.97. The third-order valence-corrected chi connectivity index (χ3v) is 5.85. The largest absolute Gasteiger partial charge is 0.396 e. The van der Waals surface area contributed by atoms with Crippen LogP contribution >= 0.6 is 11.8 Å². The predicted molar refractivity (Wildman–Crippen MR) is 79.5 cm³/mol. The van der Waals surface area contributed by atoms with Crippen molar-refractivity contribution in [2.24, 2.45) is 5.92 Å². The minimum Gasteiger partial charge on any atom is -0.396 e. The lowest BCUT2D eigenvalue weighted by molar-refractivity contribution is 0.134. The van der Waals surface area contributed by atoms with E-state index in [1.165, 1.54) is 18.6 Å². The molecular formula is C14H26N2O2S. The SMILES string of the molecule is CN(C(=O)NCC1CCCS1)C1CCC(CO)CC1. The van der Waals surface area contributed by atoms with Gasteiger partial charge in [0.2, 0.25) is 0 Å². The lowest BCUT2D eigenvalue weighted by Crippen LogP contribution is -2.46. The highest BCUT2D eigenvalue weighted by Gasteiger charge is 2.26. The number of urea groups is 1. The Balaban J connectivity index is 1.69. The minimum atomic E-state index is 0.0694. The van der Waals surface area contributed by atoms with Crippen molar-refractivity contribution < 1.29 is 9.90 Å². The molecule has 1 saturated carbocycles. The number of aliphatic hydroxyl groups excluding tert-OH is 1. The van der Waals surface area contributed by atoms with E-state index in [4.69, 9.17) is 5.11 Å². The number of rotatable bonds is 4. The van der Waals surface area contributed by atoms with Crippen LogP contribution in [0.25, 0.3) is 0 Å². The molecule has 1 heterocycles. The van der Waals surface area contributed by atoms with Crippen LogP contribution in [0, 0.1) is 5.92 Å². The maximum absolute atomic E-state index is 12.1. The molecule has 110 valence electrons. The molecule has 19 heavy (non-hydrogen) atoms. The van der Waals surface area contributed by atoms with E-state index in [9.17, 15) is 4.79 Å². The molecule has 2 rings (SSSR count). The molecule has 0 radical (unpaired) electrons. The minimum absolute atomic E-state index is 0.0694. The van der Waals surface area contributed by atoms with Gasteiger partial charge in [0, 0.05) is 31.5 Å². The summed E-state index contributed by atoms with van der Waals surface area (Å²) in [5, 5.41) is 12.8. The summed E-state index contributed by atoms with van der Waals surface area (Å²) in [6.07, 6.45) is 6.64.